The number of methoxy groups -OCH3 is 1. The minimum Gasteiger partial charge on any atom is -0.491 e. The topological polar surface area (TPSA) is 100 Å². The quantitative estimate of drug-likeness (QED) is 0.678. The number of nitrogens with zero attached hydrogens (tertiary/aromatic N) is 2. The van der Waals surface area contributed by atoms with Crippen LogP contribution in [-0.2, 0) is 9.53 Å². The summed E-state index contributed by atoms with van der Waals surface area (Å²) in [5, 5.41) is 5.90. The van der Waals surface area contributed by atoms with Gasteiger partial charge in [-0.05, 0) is 38.0 Å². The Morgan fingerprint density at radius 2 is 1.83 bits per heavy atom. The van der Waals surface area contributed by atoms with E-state index < -0.39 is 0 Å². The standard InChI is InChI=1S/C26H40N4O5/c1-17-14-30(19(3)31)18(2)16-35-23-12-11-21(28-26(33)27-20-9-7-6-8-10-20)13-22(23)25(32)29(4)15-24(17)34-5/h11-13,17-18,20,24H,6-10,14-16H2,1-5H3,(H2,27,28,33)/t17-,18+,24+/m0/s1. The van der Waals surface area contributed by atoms with E-state index in [1.807, 2.05) is 13.8 Å². The molecular weight excluding hydrogens is 448 g/mol. The highest BCUT2D eigenvalue weighted by Crippen LogP contribution is 2.27. The maximum absolute atomic E-state index is 13.4. The van der Waals surface area contributed by atoms with Gasteiger partial charge in [-0.2, -0.15) is 0 Å². The predicted octanol–water partition coefficient (Wildman–Crippen LogP) is 3.49. The van der Waals surface area contributed by atoms with Crippen LogP contribution in [0.1, 0.15) is 63.2 Å². The van der Waals surface area contributed by atoms with Crippen LogP contribution in [0.3, 0.4) is 0 Å². The van der Waals surface area contributed by atoms with Gasteiger partial charge >= 0.3 is 6.03 Å². The molecule has 3 atom stereocenters. The minimum atomic E-state index is -0.272. The fraction of sp³-hybridized carbons (Fsp3) is 0.654. The van der Waals surface area contributed by atoms with Crippen molar-refractivity contribution in [1.82, 2.24) is 15.1 Å². The molecule has 9 heteroatoms. The number of hydrogen-bond donors (Lipinski definition) is 2. The fourth-order valence-electron chi connectivity index (χ4n) is 4.89. The highest BCUT2D eigenvalue weighted by Gasteiger charge is 2.29. The van der Waals surface area contributed by atoms with E-state index in [1.54, 1.807) is 49.1 Å². The Hall–Kier alpha value is -2.81. The summed E-state index contributed by atoms with van der Waals surface area (Å²) in [6.45, 7) is 6.60. The second-order valence-corrected chi connectivity index (χ2v) is 9.91. The first-order valence-electron chi connectivity index (χ1n) is 12.6. The third-order valence-corrected chi connectivity index (χ3v) is 7.05. The van der Waals surface area contributed by atoms with E-state index in [-0.39, 0.29) is 48.6 Å². The highest BCUT2D eigenvalue weighted by molar-refractivity contribution is 5.99. The van der Waals surface area contributed by atoms with E-state index in [2.05, 4.69) is 10.6 Å². The summed E-state index contributed by atoms with van der Waals surface area (Å²) in [5.74, 6) is 0.172. The molecule has 0 bridgehead atoms. The lowest BCUT2D eigenvalue weighted by Crippen LogP contribution is -2.48. The Labute approximate surface area is 208 Å². The molecule has 4 amide bonds. The Balaban J connectivity index is 1.84. The van der Waals surface area contributed by atoms with Gasteiger partial charge in [0.1, 0.15) is 12.4 Å². The van der Waals surface area contributed by atoms with Crippen molar-refractivity contribution < 1.29 is 23.9 Å². The molecule has 35 heavy (non-hydrogen) atoms. The summed E-state index contributed by atoms with van der Waals surface area (Å²) in [7, 11) is 3.34. The normalized spacial score (nSPS) is 24.5. The first-order valence-corrected chi connectivity index (χ1v) is 12.6. The van der Waals surface area contributed by atoms with Crippen LogP contribution in [0.25, 0.3) is 0 Å². The van der Waals surface area contributed by atoms with Gasteiger partial charge in [0.05, 0.1) is 17.7 Å². The van der Waals surface area contributed by atoms with Crippen molar-refractivity contribution in [2.45, 2.75) is 71.1 Å². The molecule has 0 aromatic heterocycles. The van der Waals surface area contributed by atoms with Gasteiger partial charge in [0.15, 0.2) is 0 Å². The monoisotopic (exact) mass is 488 g/mol. The molecule has 9 nitrogen and oxygen atoms in total. The lowest BCUT2D eigenvalue weighted by atomic mass is 9.96. The number of rotatable bonds is 3. The number of carbonyl (C=O) groups excluding carboxylic acids is 3. The van der Waals surface area contributed by atoms with Gasteiger partial charge in [-0.15, -0.1) is 0 Å². The molecule has 3 rings (SSSR count). The largest absolute Gasteiger partial charge is 0.491 e. The van der Waals surface area contributed by atoms with Crippen LogP contribution in [0.15, 0.2) is 18.2 Å². The van der Waals surface area contributed by atoms with Crippen LogP contribution in [0.4, 0.5) is 10.5 Å². The van der Waals surface area contributed by atoms with E-state index in [0.717, 1.165) is 25.7 Å². The van der Waals surface area contributed by atoms with Crippen molar-refractivity contribution in [3.63, 3.8) is 0 Å². The van der Waals surface area contributed by atoms with Crippen LogP contribution in [0.2, 0.25) is 0 Å². The number of hydrogen-bond acceptors (Lipinski definition) is 5. The molecular formula is C26H40N4O5. The Kier molecular flexibility index (Phi) is 9.37. The molecule has 0 spiro atoms. The highest BCUT2D eigenvalue weighted by atomic mass is 16.5. The molecule has 1 saturated carbocycles. The lowest BCUT2D eigenvalue weighted by Gasteiger charge is -2.35. The average Bonchev–Trinajstić information content (AvgIpc) is 2.83. The zero-order valence-corrected chi connectivity index (χ0v) is 21.6. The van der Waals surface area contributed by atoms with Gasteiger partial charge < -0.3 is 29.9 Å². The first kappa shape index (κ1) is 26.8. The molecule has 1 fully saturated rings. The summed E-state index contributed by atoms with van der Waals surface area (Å²) in [6.07, 6.45) is 5.20. The number of nitrogens with one attached hydrogen (secondary N) is 2. The number of ether oxygens (including phenoxy) is 2. The van der Waals surface area contributed by atoms with Gasteiger partial charge in [-0.1, -0.05) is 26.2 Å². The molecule has 0 radical (unpaired) electrons. The molecule has 0 saturated heterocycles. The van der Waals surface area contributed by atoms with Gasteiger partial charge in [0, 0.05) is 51.8 Å². The number of urea groups is 1. The molecule has 0 unspecified atom stereocenters. The van der Waals surface area contributed by atoms with E-state index in [4.69, 9.17) is 9.47 Å². The zero-order chi connectivity index (χ0) is 25.5. The maximum Gasteiger partial charge on any atom is 0.319 e. The summed E-state index contributed by atoms with van der Waals surface area (Å²) < 4.78 is 11.7. The van der Waals surface area contributed by atoms with E-state index in [1.165, 1.54) is 6.42 Å². The summed E-state index contributed by atoms with van der Waals surface area (Å²) in [5.41, 5.74) is 0.872. The van der Waals surface area contributed by atoms with Crippen molar-refractivity contribution in [2.75, 3.05) is 39.2 Å². The average molecular weight is 489 g/mol. The van der Waals surface area contributed by atoms with Crippen LogP contribution in [0, 0.1) is 5.92 Å². The third kappa shape index (κ3) is 7.10. The molecule has 1 heterocycles. The predicted molar refractivity (Wildman–Crippen MR) is 135 cm³/mol. The summed E-state index contributed by atoms with van der Waals surface area (Å²) >= 11 is 0. The second-order valence-electron chi connectivity index (χ2n) is 9.91. The van der Waals surface area contributed by atoms with Gasteiger partial charge in [-0.25, -0.2) is 4.79 Å². The molecule has 1 aromatic carbocycles. The lowest BCUT2D eigenvalue weighted by molar-refractivity contribution is -0.133. The number of benzene rings is 1. The van der Waals surface area contributed by atoms with E-state index in [0.29, 0.717) is 30.1 Å². The summed E-state index contributed by atoms with van der Waals surface area (Å²) in [6, 6.07) is 4.80. The number of anilines is 1. The molecule has 2 N–H and O–H groups in total. The van der Waals surface area contributed by atoms with E-state index >= 15 is 0 Å². The van der Waals surface area contributed by atoms with Crippen LogP contribution < -0.4 is 15.4 Å². The Morgan fingerprint density at radius 1 is 1.11 bits per heavy atom. The Morgan fingerprint density at radius 3 is 2.49 bits per heavy atom. The molecule has 1 aromatic rings. The van der Waals surface area contributed by atoms with Crippen LogP contribution >= 0.6 is 0 Å². The van der Waals surface area contributed by atoms with Crippen LogP contribution in [-0.4, -0.2) is 79.7 Å². The molecule has 194 valence electrons. The molecule has 1 aliphatic carbocycles. The van der Waals surface area contributed by atoms with Gasteiger partial charge in [0.2, 0.25) is 5.91 Å². The number of amides is 4. The van der Waals surface area contributed by atoms with Crippen molar-refractivity contribution in [3.05, 3.63) is 23.8 Å². The number of likely N-dealkylation sites (N-methyl/N-ethyl adjacent to an activating group) is 1. The third-order valence-electron chi connectivity index (χ3n) is 7.05. The smallest absolute Gasteiger partial charge is 0.319 e. The van der Waals surface area contributed by atoms with Crippen LogP contribution in [0.5, 0.6) is 5.75 Å². The van der Waals surface area contributed by atoms with Crippen molar-refractivity contribution in [1.29, 1.82) is 0 Å². The SMILES string of the molecule is CO[C@@H]1CN(C)C(=O)c2cc(NC(=O)NC3CCCCC3)ccc2OC[C@@H](C)N(C(C)=O)C[C@@H]1C. The van der Waals surface area contributed by atoms with Gasteiger partial charge in [0.25, 0.3) is 5.91 Å². The van der Waals surface area contributed by atoms with E-state index in [9.17, 15) is 14.4 Å². The molecule has 2 aliphatic rings. The minimum absolute atomic E-state index is 0.0111. The molecule has 1 aliphatic heterocycles. The summed E-state index contributed by atoms with van der Waals surface area (Å²) in [4.78, 5) is 41.7. The van der Waals surface area contributed by atoms with Crippen molar-refractivity contribution >= 4 is 23.5 Å². The first-order chi connectivity index (χ1) is 16.7. The van der Waals surface area contributed by atoms with Gasteiger partial charge in [-0.3, -0.25) is 9.59 Å². The van der Waals surface area contributed by atoms with Crippen molar-refractivity contribution in [2.24, 2.45) is 5.92 Å². The fourth-order valence-corrected chi connectivity index (χ4v) is 4.89. The Bertz CT molecular complexity index is 902. The number of carbonyl (C=O) groups is 3. The number of fused-ring (bicyclic) bond motifs is 1. The second kappa shape index (κ2) is 12.2. The maximum atomic E-state index is 13.4. The van der Waals surface area contributed by atoms with Crippen molar-refractivity contribution in [3.8, 4) is 5.75 Å². The zero-order valence-electron chi connectivity index (χ0n) is 21.6.